The summed E-state index contributed by atoms with van der Waals surface area (Å²) < 4.78 is 13.4. The molecule has 8 nitrogen and oxygen atoms in total. The molecule has 27 heavy (non-hydrogen) atoms. The van der Waals surface area contributed by atoms with Gasteiger partial charge in [-0.3, -0.25) is 14.6 Å². The number of hydrogen-bond acceptors (Lipinski definition) is 7. The smallest absolute Gasteiger partial charge is 0.252 e. The molecule has 3 rings (SSSR count). The number of halogens is 1. The number of carbonyl (C=O) groups is 2. The van der Waals surface area contributed by atoms with Crippen molar-refractivity contribution in [2.75, 3.05) is 16.8 Å². The molecule has 0 saturated carbocycles. The summed E-state index contributed by atoms with van der Waals surface area (Å²) in [6.45, 7) is 4.02. The van der Waals surface area contributed by atoms with Gasteiger partial charge in [0.25, 0.3) is 5.91 Å². The number of allylic oxidation sites excluding steroid dienone is 1. The Morgan fingerprint density at radius 2 is 2.15 bits per heavy atom. The summed E-state index contributed by atoms with van der Waals surface area (Å²) in [5.74, 6) is -1.10. The number of nitrogens with two attached hydrogens (primary N) is 2. The number of amides is 1. The number of ketones is 1. The Morgan fingerprint density at radius 3 is 2.81 bits per heavy atom. The fourth-order valence-corrected chi connectivity index (χ4v) is 3.06. The summed E-state index contributed by atoms with van der Waals surface area (Å²) in [6.07, 6.45) is 3.72. The minimum atomic E-state index is -0.689. The third kappa shape index (κ3) is 3.77. The lowest BCUT2D eigenvalue weighted by molar-refractivity contribution is -0.118. The van der Waals surface area contributed by atoms with Crippen molar-refractivity contribution in [1.82, 2.24) is 9.97 Å². The topological polar surface area (TPSA) is 127 Å². The molecule has 0 spiro atoms. The average Bonchev–Trinajstić information content (AvgIpc) is 3.02. The van der Waals surface area contributed by atoms with Gasteiger partial charge in [-0.1, -0.05) is 6.58 Å². The maximum atomic E-state index is 13.4. The molecule has 140 valence electrons. The first-order valence-corrected chi connectivity index (χ1v) is 8.27. The van der Waals surface area contributed by atoms with Gasteiger partial charge < -0.3 is 21.7 Å². The Kier molecular flexibility index (Phi) is 5.13. The highest BCUT2D eigenvalue weighted by molar-refractivity contribution is 5.98. The standard InChI is InChI=1S/C18H19FN6O2/c1-2-14(26)12-5-6-25(16(12)20)15-4-3-13(17(21)27)18(24-15)23-11-7-10(19)8-22-9-11/h2-4,7-9,12,16H,1,5-6,20H2,(H2,21,27)(H,23,24). The van der Waals surface area contributed by atoms with Gasteiger partial charge >= 0.3 is 0 Å². The summed E-state index contributed by atoms with van der Waals surface area (Å²) in [4.78, 5) is 33.6. The van der Waals surface area contributed by atoms with Crippen LogP contribution in [0.5, 0.6) is 0 Å². The molecule has 9 heteroatoms. The molecule has 1 aliphatic heterocycles. The molecule has 1 saturated heterocycles. The molecule has 1 fully saturated rings. The van der Waals surface area contributed by atoms with Gasteiger partial charge in [-0.15, -0.1) is 0 Å². The number of pyridine rings is 2. The van der Waals surface area contributed by atoms with Crippen molar-refractivity contribution in [2.45, 2.75) is 12.6 Å². The molecule has 1 aliphatic rings. The van der Waals surface area contributed by atoms with E-state index in [1.165, 1.54) is 24.4 Å². The van der Waals surface area contributed by atoms with Crippen LogP contribution in [0.2, 0.25) is 0 Å². The largest absolute Gasteiger partial charge is 0.365 e. The van der Waals surface area contributed by atoms with Gasteiger partial charge in [-0.05, 0) is 24.6 Å². The van der Waals surface area contributed by atoms with Crippen LogP contribution in [0.25, 0.3) is 0 Å². The molecule has 2 unspecified atom stereocenters. The van der Waals surface area contributed by atoms with Crippen molar-refractivity contribution >= 4 is 29.0 Å². The van der Waals surface area contributed by atoms with E-state index in [-0.39, 0.29) is 23.1 Å². The lowest BCUT2D eigenvalue weighted by Crippen LogP contribution is -2.43. The van der Waals surface area contributed by atoms with E-state index in [4.69, 9.17) is 11.5 Å². The van der Waals surface area contributed by atoms with Crippen LogP contribution in [0.3, 0.4) is 0 Å². The Labute approximate surface area is 155 Å². The van der Waals surface area contributed by atoms with E-state index in [0.29, 0.717) is 24.5 Å². The number of primary amides is 1. The average molecular weight is 370 g/mol. The van der Waals surface area contributed by atoms with Crippen LogP contribution in [0.4, 0.5) is 21.7 Å². The summed E-state index contributed by atoms with van der Waals surface area (Å²) in [6, 6.07) is 4.33. The first-order valence-electron chi connectivity index (χ1n) is 8.27. The number of rotatable bonds is 6. The second kappa shape index (κ2) is 7.50. The van der Waals surface area contributed by atoms with Crippen LogP contribution in [-0.2, 0) is 4.79 Å². The van der Waals surface area contributed by atoms with Crippen LogP contribution >= 0.6 is 0 Å². The van der Waals surface area contributed by atoms with Gasteiger partial charge in [0.1, 0.15) is 17.5 Å². The number of anilines is 3. The van der Waals surface area contributed by atoms with Crippen molar-refractivity contribution in [3.8, 4) is 0 Å². The SMILES string of the molecule is C=CC(=O)C1CCN(c2ccc(C(N)=O)c(Nc3cncc(F)c3)n2)C1N. The minimum absolute atomic E-state index is 0.122. The number of nitrogens with zero attached hydrogens (tertiary/aromatic N) is 3. The predicted octanol–water partition coefficient (Wildman–Crippen LogP) is 1.32. The molecule has 2 aromatic rings. The lowest BCUT2D eigenvalue weighted by Gasteiger charge is -2.25. The Bertz CT molecular complexity index is 903. The summed E-state index contributed by atoms with van der Waals surface area (Å²) in [5, 5.41) is 2.85. The van der Waals surface area contributed by atoms with Gasteiger partial charge in [0.05, 0.1) is 35.7 Å². The second-order valence-corrected chi connectivity index (χ2v) is 6.13. The third-order valence-corrected chi connectivity index (χ3v) is 4.43. The fraction of sp³-hybridized carbons (Fsp3) is 0.222. The Balaban J connectivity index is 1.93. The molecule has 0 radical (unpaired) electrons. The molecule has 2 atom stereocenters. The highest BCUT2D eigenvalue weighted by Gasteiger charge is 2.35. The predicted molar refractivity (Wildman–Crippen MR) is 98.9 cm³/mol. The van der Waals surface area contributed by atoms with Crippen molar-refractivity contribution in [3.63, 3.8) is 0 Å². The van der Waals surface area contributed by atoms with Crippen LogP contribution in [0, 0.1) is 11.7 Å². The summed E-state index contributed by atoms with van der Waals surface area (Å²) in [7, 11) is 0. The minimum Gasteiger partial charge on any atom is -0.365 e. The van der Waals surface area contributed by atoms with Gasteiger partial charge in [-0.25, -0.2) is 9.37 Å². The second-order valence-electron chi connectivity index (χ2n) is 6.13. The highest BCUT2D eigenvalue weighted by Crippen LogP contribution is 2.29. The van der Waals surface area contributed by atoms with Crippen LogP contribution < -0.4 is 21.7 Å². The maximum absolute atomic E-state index is 13.4. The maximum Gasteiger partial charge on any atom is 0.252 e. The Morgan fingerprint density at radius 1 is 1.37 bits per heavy atom. The van der Waals surface area contributed by atoms with E-state index in [1.807, 2.05) is 0 Å². The zero-order chi connectivity index (χ0) is 19.6. The van der Waals surface area contributed by atoms with Crippen LogP contribution in [-0.4, -0.2) is 34.4 Å². The van der Waals surface area contributed by atoms with Gasteiger partial charge in [0.15, 0.2) is 5.78 Å². The normalized spacial score (nSPS) is 19.0. The van der Waals surface area contributed by atoms with Crippen molar-refractivity contribution < 1.29 is 14.0 Å². The summed E-state index contributed by atoms with van der Waals surface area (Å²) >= 11 is 0. The van der Waals surface area contributed by atoms with Gasteiger partial charge in [0.2, 0.25) is 0 Å². The molecular weight excluding hydrogens is 351 g/mol. The van der Waals surface area contributed by atoms with Crippen LogP contribution in [0.1, 0.15) is 16.8 Å². The molecule has 1 amide bonds. The number of hydrogen-bond donors (Lipinski definition) is 3. The van der Waals surface area contributed by atoms with Gasteiger partial charge in [0, 0.05) is 12.6 Å². The Hall–Kier alpha value is -3.33. The molecule has 3 heterocycles. The molecule has 5 N–H and O–H groups in total. The van der Waals surface area contributed by atoms with Crippen molar-refractivity contribution in [1.29, 1.82) is 0 Å². The summed E-state index contributed by atoms with van der Waals surface area (Å²) in [5.41, 5.74) is 12.1. The van der Waals surface area contributed by atoms with E-state index in [1.54, 1.807) is 11.0 Å². The molecule has 0 aromatic carbocycles. The first kappa shape index (κ1) is 18.5. The number of carbonyl (C=O) groups excluding carboxylic acids is 2. The van der Waals surface area contributed by atoms with Crippen molar-refractivity contribution in [2.24, 2.45) is 17.4 Å². The zero-order valence-electron chi connectivity index (χ0n) is 14.4. The third-order valence-electron chi connectivity index (χ3n) is 4.43. The van der Waals surface area contributed by atoms with E-state index in [0.717, 1.165) is 6.20 Å². The fourth-order valence-electron chi connectivity index (χ4n) is 3.06. The van der Waals surface area contributed by atoms with E-state index in [9.17, 15) is 14.0 Å². The van der Waals surface area contributed by atoms with E-state index >= 15 is 0 Å². The van der Waals surface area contributed by atoms with Gasteiger partial charge in [-0.2, -0.15) is 0 Å². The highest BCUT2D eigenvalue weighted by atomic mass is 19.1. The zero-order valence-corrected chi connectivity index (χ0v) is 14.4. The van der Waals surface area contributed by atoms with Crippen molar-refractivity contribution in [3.05, 3.63) is 54.6 Å². The monoisotopic (exact) mass is 370 g/mol. The molecule has 0 aliphatic carbocycles. The van der Waals surface area contributed by atoms with E-state index < -0.39 is 17.9 Å². The first-order chi connectivity index (χ1) is 12.9. The van der Waals surface area contributed by atoms with E-state index in [2.05, 4.69) is 21.9 Å². The quantitative estimate of drug-likeness (QED) is 0.655. The number of aromatic nitrogens is 2. The van der Waals surface area contributed by atoms with Crippen LogP contribution in [0.15, 0.2) is 43.2 Å². The molecule has 2 aromatic heterocycles. The number of nitrogens with one attached hydrogen (secondary N) is 1. The molecule has 0 bridgehead atoms. The lowest BCUT2D eigenvalue weighted by atomic mass is 10.0. The molecular formula is C18H19FN6O2.